The molecule has 1 aliphatic rings. The van der Waals surface area contributed by atoms with Crippen LogP contribution < -0.4 is 9.47 Å². The van der Waals surface area contributed by atoms with Crippen molar-refractivity contribution in [1.29, 1.82) is 0 Å². The molecule has 0 aromatic heterocycles. The molecule has 0 radical (unpaired) electrons. The summed E-state index contributed by atoms with van der Waals surface area (Å²) >= 11 is 0. The molecule has 168 valence electrons. The van der Waals surface area contributed by atoms with Crippen molar-refractivity contribution >= 4 is 11.4 Å². The van der Waals surface area contributed by atoms with Crippen LogP contribution >= 0.6 is 0 Å². The van der Waals surface area contributed by atoms with Crippen LogP contribution in [-0.2, 0) is 10.8 Å². The maximum Gasteiger partial charge on any atom is 0.311 e. The Morgan fingerprint density at radius 2 is 1.47 bits per heavy atom. The summed E-state index contributed by atoms with van der Waals surface area (Å²) < 4.78 is 11.0. The summed E-state index contributed by atoms with van der Waals surface area (Å²) in [6, 6.07) is 8.11. The van der Waals surface area contributed by atoms with E-state index in [1.54, 1.807) is 18.2 Å². The Hall–Kier alpha value is -3.68. The van der Waals surface area contributed by atoms with E-state index in [2.05, 4.69) is 27.0 Å². The molecule has 1 atom stereocenters. The Morgan fingerprint density at radius 3 is 2.03 bits per heavy atom. The summed E-state index contributed by atoms with van der Waals surface area (Å²) in [6.45, 7) is 13.5. The zero-order valence-corrected chi connectivity index (χ0v) is 18.4. The Labute approximate surface area is 186 Å². The Balaban J connectivity index is 2.20. The average molecular weight is 438 g/mol. The highest BCUT2D eigenvalue weighted by atomic mass is 16.6. The third-order valence-corrected chi connectivity index (χ3v) is 5.92. The second-order valence-corrected chi connectivity index (χ2v) is 8.65. The Morgan fingerprint density at radius 1 is 0.906 bits per heavy atom. The topological polar surface area (TPSA) is 105 Å². The molecule has 0 N–H and O–H groups in total. The summed E-state index contributed by atoms with van der Waals surface area (Å²) in [4.78, 5) is 22.5. The van der Waals surface area contributed by atoms with Crippen molar-refractivity contribution in [3.8, 4) is 11.5 Å². The van der Waals surface area contributed by atoms with Gasteiger partial charge in [-0.2, -0.15) is 0 Å². The quantitative estimate of drug-likeness (QED) is 0.286. The molecule has 0 bridgehead atoms. The zero-order chi connectivity index (χ0) is 23.7. The lowest BCUT2D eigenvalue weighted by molar-refractivity contribution is -0.385. The lowest BCUT2D eigenvalue weighted by Gasteiger charge is -2.28. The summed E-state index contributed by atoms with van der Waals surface area (Å²) in [5, 5.41) is 23.5. The van der Waals surface area contributed by atoms with Gasteiger partial charge < -0.3 is 9.47 Å². The third-order valence-electron chi connectivity index (χ3n) is 5.92. The van der Waals surface area contributed by atoms with Gasteiger partial charge in [-0.1, -0.05) is 52.1 Å². The number of nitrogens with zero attached hydrogens (tertiary/aromatic N) is 2. The first-order valence-electron chi connectivity index (χ1n) is 10.1. The first-order chi connectivity index (χ1) is 15.0. The van der Waals surface area contributed by atoms with Crippen LogP contribution in [0.15, 0.2) is 55.6 Å². The molecule has 2 aromatic carbocycles. The molecule has 32 heavy (non-hydrogen) atoms. The van der Waals surface area contributed by atoms with Crippen LogP contribution in [0.4, 0.5) is 11.4 Å². The van der Waals surface area contributed by atoms with Crippen molar-refractivity contribution in [2.24, 2.45) is 0 Å². The van der Waals surface area contributed by atoms with Crippen LogP contribution in [0, 0.1) is 20.2 Å². The van der Waals surface area contributed by atoms with Crippen LogP contribution in [-0.4, -0.2) is 23.1 Å². The zero-order valence-electron chi connectivity index (χ0n) is 18.4. The highest BCUT2D eigenvalue weighted by Crippen LogP contribution is 2.55. The minimum Gasteiger partial charge on any atom is -0.483 e. The van der Waals surface area contributed by atoms with Crippen molar-refractivity contribution in [2.75, 3.05) is 13.2 Å². The third kappa shape index (κ3) is 3.95. The van der Waals surface area contributed by atoms with Gasteiger partial charge in [-0.3, -0.25) is 20.2 Å². The predicted octanol–water partition coefficient (Wildman–Crippen LogP) is 5.62. The molecule has 2 aromatic rings. The van der Waals surface area contributed by atoms with Gasteiger partial charge in [0.25, 0.3) is 0 Å². The van der Waals surface area contributed by atoms with E-state index in [0.717, 1.165) is 11.1 Å². The van der Waals surface area contributed by atoms with Gasteiger partial charge in [0.2, 0.25) is 0 Å². The van der Waals surface area contributed by atoms with E-state index >= 15 is 0 Å². The van der Waals surface area contributed by atoms with Crippen LogP contribution in [0.25, 0.3) is 0 Å². The molecule has 0 heterocycles. The number of ether oxygens (including phenoxy) is 2. The number of benzene rings is 2. The van der Waals surface area contributed by atoms with E-state index in [4.69, 9.17) is 9.47 Å². The molecule has 3 rings (SSSR count). The first-order valence-corrected chi connectivity index (χ1v) is 10.1. The van der Waals surface area contributed by atoms with Crippen molar-refractivity contribution in [2.45, 2.75) is 38.0 Å². The summed E-state index contributed by atoms with van der Waals surface area (Å²) in [5.74, 6) is 0.337. The highest BCUT2D eigenvalue weighted by Gasteiger charge is 2.48. The van der Waals surface area contributed by atoms with E-state index in [0.29, 0.717) is 12.0 Å². The molecule has 0 spiro atoms. The summed E-state index contributed by atoms with van der Waals surface area (Å²) in [6.07, 6.45) is 3.66. The van der Waals surface area contributed by atoms with Gasteiger partial charge in [0.15, 0.2) is 11.5 Å². The number of hydrogen-bond acceptors (Lipinski definition) is 6. The maximum atomic E-state index is 11.8. The molecule has 0 amide bonds. The molecule has 0 fully saturated rings. The lowest BCUT2D eigenvalue weighted by Crippen LogP contribution is -2.23. The molecule has 8 heteroatoms. The summed E-state index contributed by atoms with van der Waals surface area (Å²) in [7, 11) is 0. The maximum absolute atomic E-state index is 11.8. The Bertz CT molecular complexity index is 1110. The van der Waals surface area contributed by atoms with Crippen LogP contribution in [0.1, 0.15) is 43.9 Å². The predicted molar refractivity (Wildman–Crippen MR) is 122 cm³/mol. The average Bonchev–Trinajstić information content (AvgIpc) is 2.95. The molecule has 1 aliphatic carbocycles. The highest BCUT2D eigenvalue weighted by molar-refractivity contribution is 5.63. The normalized spacial score (nSPS) is 18.5. The largest absolute Gasteiger partial charge is 0.483 e. The van der Waals surface area contributed by atoms with Crippen molar-refractivity contribution in [3.63, 3.8) is 0 Å². The van der Waals surface area contributed by atoms with Crippen LogP contribution in [0.5, 0.6) is 11.5 Å². The number of hydrogen-bond donors (Lipinski definition) is 0. The van der Waals surface area contributed by atoms with E-state index < -0.39 is 15.3 Å². The van der Waals surface area contributed by atoms with Crippen molar-refractivity contribution in [1.82, 2.24) is 0 Å². The fraction of sp³-hybridized carbons (Fsp3) is 0.333. The van der Waals surface area contributed by atoms with E-state index in [9.17, 15) is 20.2 Å². The minimum atomic E-state index is -0.678. The molecule has 1 unspecified atom stereocenters. The van der Waals surface area contributed by atoms with Gasteiger partial charge in [0.05, 0.1) is 9.85 Å². The van der Waals surface area contributed by atoms with Gasteiger partial charge in [0.1, 0.15) is 13.2 Å². The molecule has 0 aliphatic heterocycles. The number of fused-ring (bicyclic) bond motifs is 1. The molecule has 0 saturated carbocycles. The van der Waals surface area contributed by atoms with Gasteiger partial charge >= 0.3 is 11.4 Å². The fourth-order valence-corrected chi connectivity index (χ4v) is 4.60. The second-order valence-electron chi connectivity index (χ2n) is 8.65. The summed E-state index contributed by atoms with van der Waals surface area (Å²) in [5.41, 5.74) is 1.05. The SMILES string of the molecule is C=CCOc1ccc(C2(C)CC(C)(C)c3cc(OCC=C)c([N+](=O)[O-])cc32)cc1[N+](=O)[O-]. The number of rotatable bonds is 9. The Kier molecular flexibility index (Phi) is 6.07. The second kappa shape index (κ2) is 8.45. The first kappa shape index (κ1) is 23.0. The van der Waals surface area contributed by atoms with Gasteiger partial charge in [-0.05, 0) is 40.7 Å². The van der Waals surface area contributed by atoms with E-state index in [1.807, 2.05) is 6.92 Å². The van der Waals surface area contributed by atoms with Crippen molar-refractivity contribution in [3.05, 3.63) is 92.6 Å². The molecule has 0 saturated heterocycles. The standard InChI is InChI=1S/C24H26N2O6/c1-6-10-31-21-9-8-16(12-19(21)25(27)28)24(5)15-23(3,4)17-14-22(32-11-7-2)20(26(29)30)13-18(17)24/h6-9,12-14H,1-2,10-11,15H2,3-5H3. The van der Waals surface area contributed by atoms with Crippen molar-refractivity contribution < 1.29 is 19.3 Å². The lowest BCUT2D eigenvalue weighted by atomic mass is 9.75. The van der Waals surface area contributed by atoms with E-state index in [1.165, 1.54) is 24.3 Å². The molecule has 8 nitrogen and oxygen atoms in total. The van der Waals surface area contributed by atoms with E-state index in [-0.39, 0.29) is 41.5 Å². The fourth-order valence-electron chi connectivity index (χ4n) is 4.60. The number of nitro groups is 2. The van der Waals surface area contributed by atoms with Gasteiger partial charge in [0, 0.05) is 17.5 Å². The molecular formula is C24H26N2O6. The number of nitro benzene ring substituents is 2. The van der Waals surface area contributed by atoms with Crippen LogP contribution in [0.3, 0.4) is 0 Å². The van der Waals surface area contributed by atoms with Gasteiger partial charge in [-0.15, -0.1) is 0 Å². The van der Waals surface area contributed by atoms with Crippen LogP contribution in [0.2, 0.25) is 0 Å². The molecular weight excluding hydrogens is 412 g/mol. The monoisotopic (exact) mass is 438 g/mol. The smallest absolute Gasteiger partial charge is 0.311 e. The van der Waals surface area contributed by atoms with Gasteiger partial charge in [-0.25, -0.2) is 0 Å². The minimum absolute atomic E-state index is 0.144.